The second-order valence-corrected chi connectivity index (χ2v) is 22.0. The molecule has 80 heavy (non-hydrogen) atoms. The van der Waals surface area contributed by atoms with Crippen LogP contribution in [-0.2, 0) is 0 Å². The third-order valence-electron chi connectivity index (χ3n) is 18.0. The SMILES string of the molecule is c1ccc(-c2c3c(c(-c4ccccc4)c4ccccc24)-c2cccc4cccc-3c24)cc1.c1ccc(-c2c3cc4c5ccccc5c5cccc(c3c(-c3ccccc3)c3c6ccc7ccc8cccc9cc(c23)c6c7c89)c54)cc1. The fraction of sp³-hybridized carbons (Fsp3) is 0. The van der Waals surface area contributed by atoms with E-state index in [4.69, 9.17) is 0 Å². The van der Waals surface area contributed by atoms with E-state index >= 15 is 0 Å². The molecule has 0 atom stereocenters. The van der Waals surface area contributed by atoms with Crippen LogP contribution in [0.1, 0.15) is 0 Å². The van der Waals surface area contributed by atoms with Gasteiger partial charge in [0.15, 0.2) is 0 Å². The summed E-state index contributed by atoms with van der Waals surface area (Å²) in [6.45, 7) is 0. The lowest BCUT2D eigenvalue weighted by atomic mass is 9.82. The standard InChI is InChI=1S/C48H26.C32H20/c1-3-11-27(12-4-1)41-39-26-37-33-18-8-7-17-32(33)34-19-10-20-35(44(34)37)45(39)43(28-13-5-2-6-14-28)47-36-24-23-30-22-21-29-15-9-16-31-25-38(48(41)47)46(36)42(30)40(29)31;1-3-11-22(12-4-1)29-24-17-7-8-18-25(24)30(23-13-5-2-6-14-23)32-27-20-10-16-21-15-9-19-26(28(21)27)31(29)32/h1-26H;1-20H. The van der Waals surface area contributed by atoms with Crippen LogP contribution in [0.4, 0.5) is 0 Å². The van der Waals surface area contributed by atoms with Gasteiger partial charge in [-0.1, -0.05) is 267 Å². The Hall–Kier alpha value is -10.4. The van der Waals surface area contributed by atoms with Gasteiger partial charge in [0.1, 0.15) is 0 Å². The van der Waals surface area contributed by atoms with E-state index in [9.17, 15) is 0 Å². The van der Waals surface area contributed by atoms with Crippen LogP contribution in [-0.4, -0.2) is 0 Å². The lowest BCUT2D eigenvalue weighted by Gasteiger charge is -2.20. The van der Waals surface area contributed by atoms with Crippen molar-refractivity contribution in [1.29, 1.82) is 0 Å². The summed E-state index contributed by atoms with van der Waals surface area (Å²) >= 11 is 0. The van der Waals surface area contributed by atoms with Crippen LogP contribution < -0.4 is 0 Å². The van der Waals surface area contributed by atoms with Crippen molar-refractivity contribution in [1.82, 2.24) is 0 Å². The Labute approximate surface area is 461 Å². The van der Waals surface area contributed by atoms with E-state index in [1.165, 1.54) is 185 Å². The Balaban J connectivity index is 0.000000135. The number of rotatable bonds is 4. The molecule has 18 aromatic rings. The van der Waals surface area contributed by atoms with Gasteiger partial charge in [0.05, 0.1) is 0 Å². The third-order valence-corrected chi connectivity index (χ3v) is 18.0. The Kier molecular flexibility index (Phi) is 9.04. The molecule has 0 unspecified atom stereocenters. The maximum atomic E-state index is 2.53. The van der Waals surface area contributed by atoms with E-state index in [-0.39, 0.29) is 0 Å². The maximum absolute atomic E-state index is 2.53. The summed E-state index contributed by atoms with van der Waals surface area (Å²) < 4.78 is 0. The van der Waals surface area contributed by atoms with Crippen LogP contribution >= 0.6 is 0 Å². The van der Waals surface area contributed by atoms with Crippen molar-refractivity contribution in [3.63, 3.8) is 0 Å². The van der Waals surface area contributed by atoms with E-state index in [0.717, 1.165) is 0 Å². The summed E-state index contributed by atoms with van der Waals surface area (Å²) in [7, 11) is 0. The van der Waals surface area contributed by atoms with Crippen molar-refractivity contribution in [3.05, 3.63) is 279 Å². The molecule has 0 aromatic heterocycles. The zero-order valence-electron chi connectivity index (χ0n) is 43.6. The van der Waals surface area contributed by atoms with Crippen LogP contribution in [0.2, 0.25) is 0 Å². The first-order valence-corrected chi connectivity index (χ1v) is 28.0. The van der Waals surface area contributed by atoms with Crippen molar-refractivity contribution in [2.75, 3.05) is 0 Å². The smallest absolute Gasteiger partial charge is 0.000718 e. The molecular weight excluding hydrogens is 961 g/mol. The highest BCUT2D eigenvalue weighted by atomic mass is 14.3. The molecule has 0 saturated carbocycles. The van der Waals surface area contributed by atoms with Crippen molar-refractivity contribution in [2.24, 2.45) is 0 Å². The molecule has 1 aliphatic carbocycles. The summed E-state index contributed by atoms with van der Waals surface area (Å²) in [5.41, 5.74) is 15.8. The molecule has 0 heteroatoms. The average Bonchev–Trinajstić information content (AvgIpc) is 4.22. The van der Waals surface area contributed by atoms with Gasteiger partial charge >= 0.3 is 0 Å². The minimum absolute atomic E-state index is 1.26. The molecule has 1 aliphatic rings. The minimum Gasteiger partial charge on any atom is -0.0622 e. The summed E-state index contributed by atoms with van der Waals surface area (Å²) in [6, 6.07) is 103. The fourth-order valence-corrected chi connectivity index (χ4v) is 15.0. The molecule has 0 radical (unpaired) electrons. The summed E-state index contributed by atoms with van der Waals surface area (Å²) in [5, 5.41) is 29.5. The second kappa shape index (κ2) is 16.6. The Morgan fingerprint density at radius 3 is 1.15 bits per heavy atom. The fourth-order valence-electron chi connectivity index (χ4n) is 15.0. The van der Waals surface area contributed by atoms with Crippen LogP contribution in [0, 0.1) is 0 Å². The minimum atomic E-state index is 1.26. The molecule has 0 spiro atoms. The van der Waals surface area contributed by atoms with Crippen molar-refractivity contribution in [3.8, 4) is 66.8 Å². The molecule has 0 aliphatic heterocycles. The normalized spacial score (nSPS) is 12.2. The third kappa shape index (κ3) is 5.89. The number of fused-ring (bicyclic) bond motifs is 12. The summed E-state index contributed by atoms with van der Waals surface area (Å²) in [6.07, 6.45) is 0. The molecule has 18 aromatic carbocycles. The van der Waals surface area contributed by atoms with Gasteiger partial charge < -0.3 is 0 Å². The largest absolute Gasteiger partial charge is 0.0622 e. The lowest BCUT2D eigenvalue weighted by Crippen LogP contribution is -1.93. The van der Waals surface area contributed by atoms with Gasteiger partial charge in [0, 0.05) is 0 Å². The van der Waals surface area contributed by atoms with Crippen molar-refractivity contribution >= 4 is 118 Å². The Morgan fingerprint density at radius 1 is 0.138 bits per heavy atom. The van der Waals surface area contributed by atoms with E-state index in [0.29, 0.717) is 0 Å². The molecule has 0 N–H and O–H groups in total. The number of hydrogen-bond donors (Lipinski definition) is 0. The van der Waals surface area contributed by atoms with Crippen LogP contribution in [0.15, 0.2) is 279 Å². The van der Waals surface area contributed by atoms with Gasteiger partial charge in [-0.15, -0.1) is 0 Å². The van der Waals surface area contributed by atoms with E-state index in [1.54, 1.807) is 0 Å². The summed E-state index contributed by atoms with van der Waals surface area (Å²) in [5.74, 6) is 0. The van der Waals surface area contributed by atoms with Gasteiger partial charge in [-0.2, -0.15) is 0 Å². The highest BCUT2D eigenvalue weighted by molar-refractivity contribution is 6.47. The van der Waals surface area contributed by atoms with Crippen molar-refractivity contribution in [2.45, 2.75) is 0 Å². The maximum Gasteiger partial charge on any atom is -0.000718 e. The zero-order valence-corrected chi connectivity index (χ0v) is 43.6. The molecule has 0 nitrogen and oxygen atoms in total. The first-order valence-electron chi connectivity index (χ1n) is 28.0. The molecular formula is C80H46. The molecule has 19 rings (SSSR count). The van der Waals surface area contributed by atoms with Crippen molar-refractivity contribution < 1.29 is 0 Å². The van der Waals surface area contributed by atoms with Gasteiger partial charge in [-0.3, -0.25) is 0 Å². The van der Waals surface area contributed by atoms with Gasteiger partial charge in [-0.25, -0.2) is 0 Å². The molecule has 0 heterocycles. The first kappa shape index (κ1) is 43.7. The van der Waals surface area contributed by atoms with Gasteiger partial charge in [-0.05, 0) is 197 Å². The number of benzene rings is 16. The quantitative estimate of drug-likeness (QED) is 0.154. The van der Waals surface area contributed by atoms with Crippen LogP contribution in [0.5, 0.6) is 0 Å². The molecule has 0 amide bonds. The van der Waals surface area contributed by atoms with Crippen LogP contribution in [0.25, 0.3) is 185 Å². The highest BCUT2D eigenvalue weighted by Gasteiger charge is 2.31. The van der Waals surface area contributed by atoms with E-state index < -0.39 is 0 Å². The van der Waals surface area contributed by atoms with Gasteiger partial charge in [0.25, 0.3) is 0 Å². The average molecular weight is 1010 g/mol. The molecule has 366 valence electrons. The monoisotopic (exact) mass is 1010 g/mol. The Morgan fingerprint density at radius 2 is 0.550 bits per heavy atom. The zero-order chi connectivity index (χ0) is 52.2. The predicted molar refractivity (Wildman–Crippen MR) is 345 cm³/mol. The second-order valence-electron chi connectivity index (χ2n) is 22.0. The van der Waals surface area contributed by atoms with E-state index in [1.807, 2.05) is 0 Å². The molecule has 0 bridgehead atoms. The number of hydrogen-bond acceptors (Lipinski definition) is 0. The highest BCUT2D eigenvalue weighted by Crippen LogP contribution is 2.59. The molecule has 0 fully saturated rings. The topological polar surface area (TPSA) is 0 Å². The van der Waals surface area contributed by atoms with E-state index in [2.05, 4.69) is 279 Å². The van der Waals surface area contributed by atoms with Gasteiger partial charge in [0.2, 0.25) is 0 Å². The first-order chi connectivity index (χ1) is 39.8. The Bertz CT molecular complexity index is 5420. The van der Waals surface area contributed by atoms with Crippen LogP contribution in [0.3, 0.4) is 0 Å². The lowest BCUT2D eigenvalue weighted by molar-refractivity contribution is 1.62. The summed E-state index contributed by atoms with van der Waals surface area (Å²) in [4.78, 5) is 0. The molecule has 0 saturated heterocycles. The predicted octanol–water partition coefficient (Wildman–Crippen LogP) is 22.7.